The largest absolute Gasteiger partial charge is 0.315 e. The molecule has 0 spiro atoms. The van der Waals surface area contributed by atoms with Gasteiger partial charge in [0.25, 0.3) is 7.52 Å². The second-order valence-corrected chi connectivity index (χ2v) is 6.10. The number of benzene rings is 1. The Morgan fingerprint density at radius 3 is 2.50 bits per heavy atom. The van der Waals surface area contributed by atoms with E-state index in [2.05, 4.69) is 13.2 Å². The van der Waals surface area contributed by atoms with E-state index in [0.29, 0.717) is 19.7 Å². The number of rotatable bonds is 8. The third-order valence-electron chi connectivity index (χ3n) is 2.49. The van der Waals surface area contributed by atoms with Crippen LogP contribution < -0.4 is 0 Å². The van der Waals surface area contributed by atoms with E-state index in [1.54, 1.807) is 10.7 Å². The highest BCUT2D eigenvalue weighted by Gasteiger charge is 2.27. The summed E-state index contributed by atoms with van der Waals surface area (Å²) in [6.45, 7) is 10.6. The minimum absolute atomic E-state index is 0.395. The molecule has 0 fully saturated rings. The monoisotopic (exact) mass is 265 g/mol. The van der Waals surface area contributed by atoms with Gasteiger partial charge in [-0.3, -0.25) is 4.57 Å². The Balaban J connectivity index is 2.91. The van der Waals surface area contributed by atoms with E-state index in [0.717, 1.165) is 5.56 Å². The molecule has 0 amide bonds. The predicted octanol–water partition coefficient (Wildman–Crippen LogP) is 4.05. The molecule has 0 heterocycles. The molecule has 0 aliphatic carbocycles. The summed E-state index contributed by atoms with van der Waals surface area (Å²) >= 11 is 0. The Morgan fingerprint density at radius 1 is 1.33 bits per heavy atom. The van der Waals surface area contributed by atoms with Crippen molar-refractivity contribution in [3.8, 4) is 0 Å². The Kier molecular flexibility index (Phi) is 6.06. The Labute approximate surface area is 109 Å². The molecular formula is C14H20NO2P. The van der Waals surface area contributed by atoms with E-state index in [1.165, 1.54) is 5.82 Å². The third kappa shape index (κ3) is 3.95. The lowest BCUT2D eigenvalue weighted by atomic mass is 10.2. The summed E-state index contributed by atoms with van der Waals surface area (Å²) in [5.41, 5.74) is 1.08. The number of hydrogen-bond acceptors (Lipinski definition) is 2. The summed E-state index contributed by atoms with van der Waals surface area (Å²) in [7, 11) is -2.97. The molecule has 1 atom stereocenters. The van der Waals surface area contributed by atoms with Crippen molar-refractivity contribution in [3.63, 3.8) is 0 Å². The van der Waals surface area contributed by atoms with Crippen LogP contribution in [-0.4, -0.2) is 17.8 Å². The minimum Gasteiger partial charge on any atom is -0.315 e. The van der Waals surface area contributed by atoms with Crippen molar-refractivity contribution in [2.24, 2.45) is 0 Å². The molecule has 1 aromatic carbocycles. The lowest BCUT2D eigenvalue weighted by molar-refractivity contribution is 0.283. The van der Waals surface area contributed by atoms with Crippen LogP contribution in [-0.2, 0) is 15.6 Å². The van der Waals surface area contributed by atoms with E-state index >= 15 is 0 Å². The number of hydrogen-bond donors (Lipinski definition) is 0. The van der Waals surface area contributed by atoms with Gasteiger partial charge in [0, 0.05) is 18.9 Å². The molecule has 0 N–H and O–H groups in total. The molecular weight excluding hydrogens is 245 g/mol. The quantitative estimate of drug-likeness (QED) is 0.524. The highest BCUT2D eigenvalue weighted by Crippen LogP contribution is 2.52. The fraction of sp³-hybridized carbons (Fsp3) is 0.286. The van der Waals surface area contributed by atoms with Crippen LogP contribution in [0.1, 0.15) is 12.5 Å². The molecule has 98 valence electrons. The molecule has 0 aromatic heterocycles. The third-order valence-corrected chi connectivity index (χ3v) is 4.67. The zero-order chi connectivity index (χ0) is 13.4. The topological polar surface area (TPSA) is 29.5 Å². The first-order valence-corrected chi connectivity index (χ1v) is 7.59. The van der Waals surface area contributed by atoms with Crippen LogP contribution in [0, 0.1) is 0 Å². The van der Waals surface area contributed by atoms with Crippen LogP contribution in [0.15, 0.2) is 55.4 Å². The second kappa shape index (κ2) is 7.32. The van der Waals surface area contributed by atoms with Gasteiger partial charge in [-0.2, -0.15) is 0 Å². The van der Waals surface area contributed by atoms with Gasteiger partial charge in [0.1, 0.15) is 0 Å². The SMILES string of the molecule is C=CCN(Cc1ccccc1)P(=O)(C=C)OCC. The molecule has 1 rings (SSSR count). The highest BCUT2D eigenvalue weighted by molar-refractivity contribution is 7.59. The summed E-state index contributed by atoms with van der Waals surface area (Å²) in [6.07, 6.45) is 1.72. The maximum Gasteiger partial charge on any atom is 0.295 e. The summed E-state index contributed by atoms with van der Waals surface area (Å²) in [5.74, 6) is 1.41. The lowest BCUT2D eigenvalue weighted by Crippen LogP contribution is -2.20. The summed E-state index contributed by atoms with van der Waals surface area (Å²) in [6, 6.07) is 9.86. The van der Waals surface area contributed by atoms with Crippen LogP contribution in [0.25, 0.3) is 0 Å². The van der Waals surface area contributed by atoms with Crippen molar-refractivity contribution < 1.29 is 9.09 Å². The van der Waals surface area contributed by atoms with Crippen LogP contribution in [0.4, 0.5) is 0 Å². The summed E-state index contributed by atoms with van der Waals surface area (Å²) in [5, 5.41) is 0. The second-order valence-electron chi connectivity index (χ2n) is 3.79. The van der Waals surface area contributed by atoms with Crippen molar-refractivity contribution in [3.05, 3.63) is 60.9 Å². The van der Waals surface area contributed by atoms with E-state index in [9.17, 15) is 4.57 Å². The van der Waals surface area contributed by atoms with Gasteiger partial charge in [-0.1, -0.05) is 43.0 Å². The van der Waals surface area contributed by atoms with Gasteiger partial charge in [0.05, 0.1) is 6.61 Å². The van der Waals surface area contributed by atoms with E-state index in [4.69, 9.17) is 4.52 Å². The molecule has 3 nitrogen and oxygen atoms in total. The molecule has 1 unspecified atom stereocenters. The van der Waals surface area contributed by atoms with Gasteiger partial charge in [0.2, 0.25) is 0 Å². The van der Waals surface area contributed by atoms with Crippen LogP contribution in [0.3, 0.4) is 0 Å². The van der Waals surface area contributed by atoms with Gasteiger partial charge >= 0.3 is 0 Å². The van der Waals surface area contributed by atoms with Gasteiger partial charge in [-0.25, -0.2) is 4.67 Å². The molecule has 4 heteroatoms. The first-order chi connectivity index (χ1) is 8.66. The van der Waals surface area contributed by atoms with Crippen molar-refractivity contribution in [2.45, 2.75) is 13.5 Å². The molecule has 18 heavy (non-hydrogen) atoms. The zero-order valence-electron chi connectivity index (χ0n) is 10.8. The number of nitrogens with zero attached hydrogens (tertiary/aromatic N) is 1. The van der Waals surface area contributed by atoms with Gasteiger partial charge in [0.15, 0.2) is 0 Å². The predicted molar refractivity (Wildman–Crippen MR) is 76.5 cm³/mol. The molecule has 1 aromatic rings. The molecule has 0 saturated heterocycles. The Hall–Kier alpha value is -1.15. The maximum absolute atomic E-state index is 12.6. The normalized spacial score (nSPS) is 14.1. The fourth-order valence-corrected chi connectivity index (χ4v) is 3.23. The van der Waals surface area contributed by atoms with Crippen molar-refractivity contribution in [1.82, 2.24) is 4.67 Å². The minimum atomic E-state index is -2.97. The summed E-state index contributed by atoms with van der Waals surface area (Å²) < 4.78 is 19.8. The van der Waals surface area contributed by atoms with Crippen molar-refractivity contribution in [1.29, 1.82) is 0 Å². The average molecular weight is 265 g/mol. The van der Waals surface area contributed by atoms with Crippen LogP contribution in [0.2, 0.25) is 0 Å². The summed E-state index contributed by atoms with van der Waals surface area (Å²) in [4.78, 5) is 0. The van der Waals surface area contributed by atoms with Crippen molar-refractivity contribution >= 4 is 7.52 Å². The lowest BCUT2D eigenvalue weighted by Gasteiger charge is -2.27. The Bertz CT molecular complexity index is 431. The van der Waals surface area contributed by atoms with Gasteiger partial charge in [-0.15, -0.1) is 6.58 Å². The standard InChI is InChI=1S/C14H20NO2P/c1-4-12-15(18(16,6-3)17-5-2)13-14-10-8-7-9-11-14/h4,6-11H,1,3,5,12-13H2,2H3. The van der Waals surface area contributed by atoms with Crippen LogP contribution in [0.5, 0.6) is 0 Å². The van der Waals surface area contributed by atoms with Gasteiger partial charge in [-0.05, 0) is 12.5 Å². The molecule has 0 bridgehead atoms. The highest BCUT2D eigenvalue weighted by atomic mass is 31.2. The Morgan fingerprint density at radius 2 is 2.00 bits per heavy atom. The zero-order valence-corrected chi connectivity index (χ0v) is 11.7. The van der Waals surface area contributed by atoms with Gasteiger partial charge < -0.3 is 4.52 Å². The first-order valence-electron chi connectivity index (χ1n) is 5.94. The van der Waals surface area contributed by atoms with Crippen molar-refractivity contribution in [2.75, 3.05) is 13.2 Å². The molecule has 0 aliphatic heterocycles. The molecule has 0 radical (unpaired) electrons. The smallest absolute Gasteiger partial charge is 0.295 e. The van der Waals surface area contributed by atoms with Crippen LogP contribution >= 0.6 is 7.52 Å². The average Bonchev–Trinajstić information content (AvgIpc) is 2.39. The fourth-order valence-electron chi connectivity index (χ4n) is 1.65. The molecule has 0 saturated carbocycles. The maximum atomic E-state index is 12.6. The van der Waals surface area contributed by atoms with E-state index in [1.807, 2.05) is 37.3 Å². The van der Waals surface area contributed by atoms with E-state index in [-0.39, 0.29) is 0 Å². The van der Waals surface area contributed by atoms with E-state index < -0.39 is 7.52 Å². The molecule has 0 aliphatic rings. The first kappa shape index (κ1) is 14.9.